The Morgan fingerprint density at radius 1 is 1.00 bits per heavy atom. The van der Waals surface area contributed by atoms with Crippen molar-refractivity contribution < 1.29 is 9.59 Å². The summed E-state index contributed by atoms with van der Waals surface area (Å²) in [7, 11) is 1.74. The molecule has 0 saturated carbocycles. The first-order chi connectivity index (χ1) is 19.5. The molecule has 9 heteroatoms. The van der Waals surface area contributed by atoms with E-state index in [1.54, 1.807) is 36.9 Å². The van der Waals surface area contributed by atoms with Gasteiger partial charge in [0.1, 0.15) is 5.41 Å². The van der Waals surface area contributed by atoms with Crippen LogP contribution in [0.1, 0.15) is 43.2 Å². The van der Waals surface area contributed by atoms with E-state index in [-0.39, 0.29) is 17.4 Å². The average Bonchev–Trinajstić information content (AvgIpc) is 3.45. The second-order valence-electron chi connectivity index (χ2n) is 11.3. The van der Waals surface area contributed by atoms with Gasteiger partial charge in [0.15, 0.2) is 0 Å². The van der Waals surface area contributed by atoms with E-state index in [0.717, 1.165) is 43.8 Å². The highest BCUT2D eigenvalue weighted by Gasteiger charge is 2.45. The number of hydrogen-bond donors (Lipinski definition) is 0. The topological polar surface area (TPSA) is 78.8 Å². The van der Waals surface area contributed by atoms with Crippen molar-refractivity contribution in [2.24, 2.45) is 5.41 Å². The lowest BCUT2D eigenvalue weighted by Gasteiger charge is -2.27. The van der Waals surface area contributed by atoms with Crippen molar-refractivity contribution in [3.8, 4) is 0 Å². The van der Waals surface area contributed by atoms with Crippen molar-refractivity contribution in [2.45, 2.75) is 54.3 Å². The molecule has 0 saturated heterocycles. The number of aryl methyl sites for hydroxylation is 2. The van der Waals surface area contributed by atoms with Crippen molar-refractivity contribution in [3.63, 3.8) is 0 Å². The van der Waals surface area contributed by atoms with Crippen molar-refractivity contribution in [1.82, 2.24) is 14.5 Å². The first kappa shape index (κ1) is 28.7. The normalized spacial score (nSPS) is 15.1. The molecule has 41 heavy (non-hydrogen) atoms. The summed E-state index contributed by atoms with van der Waals surface area (Å²) in [5.74, 6) is -0.418. The van der Waals surface area contributed by atoms with Crippen LogP contribution in [0.2, 0.25) is 0 Å². The van der Waals surface area contributed by atoms with Crippen molar-refractivity contribution in [3.05, 3.63) is 86.9 Å². The number of aromatic nitrogens is 2. The minimum Gasteiger partial charge on any atom is -0.313 e. The fourth-order valence-corrected chi connectivity index (χ4v) is 6.55. The summed E-state index contributed by atoms with van der Waals surface area (Å²) >= 11 is 1.49. The Morgan fingerprint density at radius 2 is 1.78 bits per heavy atom. The molecule has 0 atom stereocenters. The van der Waals surface area contributed by atoms with Crippen LogP contribution >= 0.6 is 11.3 Å². The molecule has 1 aliphatic rings. The molecular formula is C32H37N5O3S. The van der Waals surface area contributed by atoms with E-state index in [2.05, 4.69) is 16.0 Å². The van der Waals surface area contributed by atoms with E-state index in [4.69, 9.17) is 0 Å². The van der Waals surface area contributed by atoms with Crippen LogP contribution in [0.4, 0.5) is 11.4 Å². The third kappa shape index (κ3) is 5.31. The van der Waals surface area contributed by atoms with Crippen LogP contribution in [0, 0.1) is 19.3 Å². The van der Waals surface area contributed by atoms with E-state index in [9.17, 15) is 14.4 Å². The largest absolute Gasteiger partial charge is 0.313 e. The van der Waals surface area contributed by atoms with Gasteiger partial charge in [0.2, 0.25) is 11.8 Å². The smallest absolute Gasteiger partial charge is 0.268 e. The van der Waals surface area contributed by atoms with E-state index < -0.39 is 5.41 Å². The predicted molar refractivity (Wildman–Crippen MR) is 166 cm³/mol. The fraction of sp³-hybridized carbons (Fsp3) is 0.375. The van der Waals surface area contributed by atoms with Gasteiger partial charge in [-0.15, -0.1) is 11.3 Å². The van der Waals surface area contributed by atoms with Gasteiger partial charge in [-0.2, -0.15) is 0 Å². The maximum absolute atomic E-state index is 13.3. The van der Waals surface area contributed by atoms with Gasteiger partial charge in [0, 0.05) is 63.2 Å². The van der Waals surface area contributed by atoms with Crippen LogP contribution < -0.4 is 15.4 Å². The van der Waals surface area contributed by atoms with E-state index >= 15 is 0 Å². The Bertz CT molecular complexity index is 1690. The molecular weight excluding hydrogens is 534 g/mol. The minimum atomic E-state index is -1.15. The first-order valence-corrected chi connectivity index (χ1v) is 14.8. The van der Waals surface area contributed by atoms with Gasteiger partial charge in [0.25, 0.3) is 5.56 Å². The molecule has 2 amide bonds. The van der Waals surface area contributed by atoms with Gasteiger partial charge in [0.05, 0.1) is 16.1 Å². The van der Waals surface area contributed by atoms with E-state index in [0.29, 0.717) is 32.7 Å². The highest BCUT2D eigenvalue weighted by Crippen LogP contribution is 2.39. The number of fused-ring (bicyclic) bond motifs is 2. The Balaban J connectivity index is 1.47. The highest BCUT2D eigenvalue weighted by molar-refractivity contribution is 7.17. The summed E-state index contributed by atoms with van der Waals surface area (Å²) in [6, 6.07) is 12.0. The molecule has 4 aromatic rings. The summed E-state index contributed by atoms with van der Waals surface area (Å²) in [5, 5.41) is 2.99. The number of carbonyl (C=O) groups is 2. The van der Waals surface area contributed by atoms with Crippen LogP contribution in [0.15, 0.2) is 59.0 Å². The summed E-state index contributed by atoms with van der Waals surface area (Å²) in [5.41, 5.74) is 4.55. The van der Waals surface area contributed by atoms with Gasteiger partial charge in [-0.1, -0.05) is 12.1 Å². The Labute approximate surface area is 244 Å². The predicted octanol–water partition coefficient (Wildman–Crippen LogP) is 5.13. The van der Waals surface area contributed by atoms with Crippen LogP contribution in [-0.2, 0) is 29.2 Å². The molecule has 0 spiro atoms. The summed E-state index contributed by atoms with van der Waals surface area (Å²) < 4.78 is 2.60. The van der Waals surface area contributed by atoms with Gasteiger partial charge in [-0.05, 0) is 81.0 Å². The lowest BCUT2D eigenvalue weighted by Crippen LogP contribution is -2.47. The van der Waals surface area contributed by atoms with Crippen LogP contribution in [0.5, 0.6) is 0 Å². The molecule has 5 rings (SSSR count). The number of carbonyl (C=O) groups excluding carboxylic acids is 2. The zero-order valence-corrected chi connectivity index (χ0v) is 25.4. The molecule has 0 N–H and O–H groups in total. The minimum absolute atomic E-state index is 0.0372. The highest BCUT2D eigenvalue weighted by atomic mass is 32.1. The van der Waals surface area contributed by atoms with Crippen LogP contribution in [0.25, 0.3) is 10.1 Å². The number of hydrogen-bond acceptors (Lipinski definition) is 6. The third-order valence-corrected chi connectivity index (χ3v) is 9.00. The molecule has 0 aliphatic carbocycles. The SMILES string of the molecule is CCN1C(=O)C(C)(C)C(=O)N(C)c2cc(CN(CCn3cc(C)c4ccsc4c3=O)Cc3cccnc3C)ccc21. The van der Waals surface area contributed by atoms with Crippen LogP contribution in [0.3, 0.4) is 0 Å². The quantitative estimate of drug-likeness (QED) is 0.274. The first-order valence-electron chi connectivity index (χ1n) is 14.0. The molecule has 3 aromatic heterocycles. The van der Waals surface area contributed by atoms with Gasteiger partial charge >= 0.3 is 0 Å². The van der Waals surface area contributed by atoms with Gasteiger partial charge in [-0.25, -0.2) is 0 Å². The number of nitrogens with zero attached hydrogens (tertiary/aromatic N) is 5. The second-order valence-corrected chi connectivity index (χ2v) is 12.2. The van der Waals surface area contributed by atoms with Crippen molar-refractivity contribution in [2.75, 3.05) is 29.9 Å². The monoisotopic (exact) mass is 571 g/mol. The number of benzene rings is 1. The maximum Gasteiger partial charge on any atom is 0.268 e. The number of rotatable bonds is 8. The lowest BCUT2D eigenvalue weighted by molar-refractivity contribution is -0.137. The molecule has 0 fully saturated rings. The molecule has 1 aliphatic heterocycles. The standard InChI is InChI=1S/C32H37N5O3S/c1-7-37-26-11-10-23(17-27(26)34(6)30(39)32(4,5)31(37)40)19-35(20-24-9-8-13-33-22(24)3)14-15-36-18-21(2)25-12-16-41-28(25)29(36)38/h8-13,16-18H,7,14-15,19-20H2,1-6H3. The lowest BCUT2D eigenvalue weighted by atomic mass is 9.90. The molecule has 4 heterocycles. The molecule has 0 unspecified atom stereocenters. The number of thiophene rings is 1. The van der Waals surface area contributed by atoms with Gasteiger partial charge in [-0.3, -0.25) is 24.3 Å². The van der Waals surface area contributed by atoms with E-state index in [1.807, 2.05) is 67.2 Å². The maximum atomic E-state index is 13.3. The average molecular weight is 572 g/mol. The van der Waals surface area contributed by atoms with Crippen LogP contribution in [-0.4, -0.2) is 46.4 Å². The molecule has 214 valence electrons. The Kier molecular flexibility index (Phi) is 7.85. The molecule has 1 aromatic carbocycles. The van der Waals surface area contributed by atoms with E-state index in [1.165, 1.54) is 11.3 Å². The second kappa shape index (κ2) is 11.2. The molecule has 0 radical (unpaired) electrons. The Hall–Kier alpha value is -3.82. The summed E-state index contributed by atoms with van der Waals surface area (Å²) in [4.78, 5) is 49.9. The summed E-state index contributed by atoms with van der Waals surface area (Å²) in [6.45, 7) is 12.3. The number of anilines is 2. The zero-order valence-electron chi connectivity index (χ0n) is 24.6. The summed E-state index contributed by atoms with van der Waals surface area (Å²) in [6.07, 6.45) is 3.75. The molecule has 8 nitrogen and oxygen atoms in total. The number of pyridine rings is 2. The molecule has 0 bridgehead atoms. The number of amides is 2. The van der Waals surface area contributed by atoms with Gasteiger partial charge < -0.3 is 14.4 Å². The van der Waals surface area contributed by atoms with Crippen molar-refractivity contribution >= 4 is 44.6 Å². The zero-order chi connectivity index (χ0) is 29.5. The van der Waals surface area contributed by atoms with Crippen molar-refractivity contribution in [1.29, 1.82) is 0 Å². The Morgan fingerprint density at radius 3 is 2.51 bits per heavy atom. The fourth-order valence-electron chi connectivity index (χ4n) is 5.64. The third-order valence-electron chi connectivity index (χ3n) is 8.10.